The van der Waals surface area contributed by atoms with E-state index in [9.17, 15) is 13.2 Å². The van der Waals surface area contributed by atoms with Crippen LogP contribution in [-0.4, -0.2) is 19.5 Å². The first-order valence-corrected chi connectivity index (χ1v) is 7.17. The first-order valence-electron chi connectivity index (χ1n) is 6.38. The average molecular weight is 390 g/mol. The van der Waals surface area contributed by atoms with Crippen LogP contribution in [0.2, 0.25) is 0 Å². The van der Waals surface area contributed by atoms with E-state index in [2.05, 4.69) is 26.0 Å². The smallest absolute Gasteiger partial charge is 0.405 e. The van der Waals surface area contributed by atoms with Gasteiger partial charge in [0.1, 0.15) is 5.75 Å². The molecular formula is C13H17BrClF3N2O. The first kappa shape index (κ1) is 18.5. The van der Waals surface area contributed by atoms with Crippen LogP contribution in [0.5, 0.6) is 5.75 Å². The molecule has 0 radical (unpaired) electrons. The minimum absolute atomic E-state index is 0. The van der Waals surface area contributed by atoms with Crippen LogP contribution in [0.3, 0.4) is 0 Å². The van der Waals surface area contributed by atoms with Gasteiger partial charge in [0.25, 0.3) is 0 Å². The number of nitrogens with one attached hydrogen (secondary N) is 1. The summed E-state index contributed by atoms with van der Waals surface area (Å²) in [4.78, 5) is 0. The number of hydrogen-bond acceptors (Lipinski definition) is 3. The van der Waals surface area contributed by atoms with E-state index in [1.165, 1.54) is 12.1 Å². The lowest BCUT2D eigenvalue weighted by atomic mass is 9.86. The molecule has 8 heteroatoms. The van der Waals surface area contributed by atoms with Crippen molar-refractivity contribution in [2.75, 3.05) is 13.1 Å². The summed E-state index contributed by atoms with van der Waals surface area (Å²) in [5.41, 5.74) is 6.55. The summed E-state index contributed by atoms with van der Waals surface area (Å²) in [5, 5.41) is 3.21. The number of piperidine rings is 1. The summed E-state index contributed by atoms with van der Waals surface area (Å²) < 4.78 is 42.1. The predicted octanol–water partition coefficient (Wildman–Crippen LogP) is 3.77. The minimum atomic E-state index is -4.71. The Hall–Kier alpha value is -0.500. The largest absolute Gasteiger partial charge is 0.573 e. The third-order valence-electron chi connectivity index (χ3n) is 3.45. The predicted molar refractivity (Wildman–Crippen MR) is 80.6 cm³/mol. The van der Waals surface area contributed by atoms with E-state index < -0.39 is 12.4 Å². The number of alkyl halides is 3. The molecule has 1 atom stereocenters. The standard InChI is InChI=1S/C13H16BrF3N2O.ClH/c14-9-1-2-11(20-13(15,16)17)10(7-9)12(18)8-3-5-19-6-4-8;/h1-2,7-8,12,19H,3-6,18H2;1H/t12-;/m1./s1. The Bertz CT molecular complexity index is 467. The highest BCUT2D eigenvalue weighted by Gasteiger charge is 2.34. The van der Waals surface area contributed by atoms with Crippen LogP contribution in [0.1, 0.15) is 24.4 Å². The van der Waals surface area contributed by atoms with Crippen LogP contribution in [0, 0.1) is 5.92 Å². The average Bonchev–Trinajstić information content (AvgIpc) is 2.39. The Kier molecular flexibility index (Phi) is 6.77. The van der Waals surface area contributed by atoms with Crippen molar-refractivity contribution in [3.8, 4) is 5.75 Å². The third-order valence-corrected chi connectivity index (χ3v) is 3.94. The molecule has 1 saturated heterocycles. The van der Waals surface area contributed by atoms with Crippen molar-refractivity contribution >= 4 is 28.3 Å². The molecular weight excluding hydrogens is 373 g/mol. The van der Waals surface area contributed by atoms with E-state index in [0.29, 0.717) is 10.0 Å². The molecule has 1 heterocycles. The lowest BCUT2D eigenvalue weighted by molar-refractivity contribution is -0.275. The fourth-order valence-electron chi connectivity index (χ4n) is 2.45. The summed E-state index contributed by atoms with van der Waals surface area (Å²) >= 11 is 3.26. The molecule has 1 aliphatic rings. The molecule has 0 spiro atoms. The molecule has 0 aromatic heterocycles. The number of nitrogens with two attached hydrogens (primary N) is 1. The summed E-state index contributed by atoms with van der Waals surface area (Å²) in [5.74, 6) is -0.0622. The maximum Gasteiger partial charge on any atom is 0.573 e. The lowest BCUT2D eigenvalue weighted by Crippen LogP contribution is -2.34. The fourth-order valence-corrected chi connectivity index (χ4v) is 2.83. The molecule has 0 aliphatic carbocycles. The van der Waals surface area contributed by atoms with Gasteiger partial charge in [0.2, 0.25) is 0 Å². The second kappa shape index (κ2) is 7.67. The van der Waals surface area contributed by atoms with Gasteiger partial charge in [-0.2, -0.15) is 0 Å². The van der Waals surface area contributed by atoms with Gasteiger partial charge >= 0.3 is 6.36 Å². The minimum Gasteiger partial charge on any atom is -0.405 e. The Morgan fingerprint density at radius 1 is 1.29 bits per heavy atom. The van der Waals surface area contributed by atoms with Crippen LogP contribution in [0.15, 0.2) is 22.7 Å². The van der Waals surface area contributed by atoms with Crippen molar-refractivity contribution in [3.63, 3.8) is 0 Å². The van der Waals surface area contributed by atoms with Gasteiger partial charge in [-0.05, 0) is 50.0 Å². The van der Waals surface area contributed by atoms with Crippen molar-refractivity contribution in [1.82, 2.24) is 5.32 Å². The molecule has 3 nitrogen and oxygen atoms in total. The maximum absolute atomic E-state index is 12.4. The van der Waals surface area contributed by atoms with Crippen LogP contribution in [-0.2, 0) is 0 Å². The number of hydrogen-bond donors (Lipinski definition) is 2. The van der Waals surface area contributed by atoms with Crippen molar-refractivity contribution in [2.24, 2.45) is 11.7 Å². The molecule has 21 heavy (non-hydrogen) atoms. The molecule has 1 aromatic rings. The van der Waals surface area contributed by atoms with E-state index in [4.69, 9.17) is 5.73 Å². The molecule has 0 bridgehead atoms. The molecule has 120 valence electrons. The molecule has 0 amide bonds. The summed E-state index contributed by atoms with van der Waals surface area (Å²) in [6.45, 7) is 1.67. The molecule has 1 aromatic carbocycles. The second-order valence-electron chi connectivity index (χ2n) is 4.84. The van der Waals surface area contributed by atoms with Gasteiger partial charge in [-0.3, -0.25) is 0 Å². The Labute approximate surface area is 136 Å². The van der Waals surface area contributed by atoms with Crippen LogP contribution in [0.25, 0.3) is 0 Å². The molecule has 0 unspecified atom stereocenters. The van der Waals surface area contributed by atoms with E-state index in [1.54, 1.807) is 6.07 Å². The normalized spacial score (nSPS) is 18.0. The molecule has 2 rings (SSSR count). The second-order valence-corrected chi connectivity index (χ2v) is 5.76. The fraction of sp³-hybridized carbons (Fsp3) is 0.538. The van der Waals surface area contributed by atoms with Gasteiger partial charge in [-0.15, -0.1) is 25.6 Å². The maximum atomic E-state index is 12.4. The zero-order valence-corrected chi connectivity index (χ0v) is 13.5. The number of ether oxygens (including phenoxy) is 1. The van der Waals surface area contributed by atoms with Crippen LogP contribution < -0.4 is 15.8 Å². The quantitative estimate of drug-likeness (QED) is 0.827. The van der Waals surface area contributed by atoms with Crippen molar-refractivity contribution in [1.29, 1.82) is 0 Å². The highest BCUT2D eigenvalue weighted by molar-refractivity contribution is 9.10. The van der Waals surface area contributed by atoms with Crippen molar-refractivity contribution in [3.05, 3.63) is 28.2 Å². The van der Waals surface area contributed by atoms with Crippen LogP contribution >= 0.6 is 28.3 Å². The van der Waals surface area contributed by atoms with E-state index >= 15 is 0 Å². The molecule has 3 N–H and O–H groups in total. The van der Waals surface area contributed by atoms with Crippen molar-refractivity contribution < 1.29 is 17.9 Å². The highest BCUT2D eigenvalue weighted by Crippen LogP contribution is 2.36. The van der Waals surface area contributed by atoms with Gasteiger partial charge < -0.3 is 15.8 Å². The Morgan fingerprint density at radius 3 is 2.48 bits per heavy atom. The van der Waals surface area contributed by atoms with Gasteiger partial charge in [0, 0.05) is 16.1 Å². The summed E-state index contributed by atoms with van der Waals surface area (Å²) in [7, 11) is 0. The summed E-state index contributed by atoms with van der Waals surface area (Å²) in [6.07, 6.45) is -3.02. The Morgan fingerprint density at radius 2 is 1.90 bits per heavy atom. The van der Waals surface area contributed by atoms with Crippen LogP contribution in [0.4, 0.5) is 13.2 Å². The SMILES string of the molecule is Cl.N[C@@H](c1cc(Br)ccc1OC(F)(F)F)C1CCNCC1. The van der Waals surface area contributed by atoms with Crippen molar-refractivity contribution in [2.45, 2.75) is 25.2 Å². The van der Waals surface area contributed by atoms with E-state index in [1.807, 2.05) is 0 Å². The first-order chi connectivity index (χ1) is 9.37. The monoisotopic (exact) mass is 388 g/mol. The summed E-state index contributed by atoms with van der Waals surface area (Å²) in [6, 6.07) is 3.95. The van der Waals surface area contributed by atoms with E-state index in [-0.39, 0.29) is 24.1 Å². The zero-order valence-electron chi connectivity index (χ0n) is 11.1. The Balaban J connectivity index is 0.00000220. The van der Waals surface area contributed by atoms with Gasteiger partial charge in [0.05, 0.1) is 0 Å². The van der Waals surface area contributed by atoms with Gasteiger partial charge in [-0.25, -0.2) is 0 Å². The van der Waals surface area contributed by atoms with Gasteiger partial charge in [-0.1, -0.05) is 15.9 Å². The number of rotatable bonds is 3. The number of halogens is 5. The molecule has 0 saturated carbocycles. The number of benzene rings is 1. The highest BCUT2D eigenvalue weighted by atomic mass is 79.9. The lowest BCUT2D eigenvalue weighted by Gasteiger charge is -2.29. The molecule has 1 aliphatic heterocycles. The van der Waals surface area contributed by atoms with E-state index in [0.717, 1.165) is 25.9 Å². The topological polar surface area (TPSA) is 47.3 Å². The zero-order chi connectivity index (χ0) is 14.8. The third kappa shape index (κ3) is 5.32. The van der Waals surface area contributed by atoms with Gasteiger partial charge in [0.15, 0.2) is 0 Å². The molecule has 1 fully saturated rings.